The Bertz CT molecular complexity index is 305. The number of ether oxygens (including phenoxy) is 1. The number of unbranched alkanes of at least 4 members (excludes halogenated alkanes) is 13. The Hall–Kier alpha value is -1.06. The topological polar surface area (TPSA) is 55.4 Å². The van der Waals surface area contributed by atoms with E-state index in [2.05, 4.69) is 12.2 Å². The fourth-order valence-corrected chi connectivity index (χ4v) is 2.73. The highest BCUT2D eigenvalue weighted by Gasteiger charge is 2.02. The Morgan fingerprint density at radius 1 is 0.708 bits per heavy atom. The van der Waals surface area contributed by atoms with Gasteiger partial charge >= 0.3 is 5.97 Å². The maximum atomic E-state index is 11.2. The molecule has 1 amide bonds. The Morgan fingerprint density at radius 2 is 1.12 bits per heavy atom. The van der Waals surface area contributed by atoms with E-state index < -0.39 is 0 Å². The second kappa shape index (κ2) is 18.3. The molecule has 0 saturated carbocycles. The molecule has 0 aromatic heterocycles. The van der Waals surface area contributed by atoms with Crippen molar-refractivity contribution in [3.63, 3.8) is 0 Å². The van der Waals surface area contributed by atoms with Crippen molar-refractivity contribution >= 4 is 11.9 Å². The van der Waals surface area contributed by atoms with E-state index in [0.717, 1.165) is 12.8 Å². The summed E-state index contributed by atoms with van der Waals surface area (Å²) in [7, 11) is 0. The van der Waals surface area contributed by atoms with Gasteiger partial charge in [0.1, 0.15) is 6.54 Å². The number of esters is 1. The fraction of sp³-hybridized carbons (Fsp3) is 0.900. The quantitative estimate of drug-likeness (QED) is 0.294. The third-order valence-electron chi connectivity index (χ3n) is 4.24. The van der Waals surface area contributed by atoms with Crippen molar-refractivity contribution in [1.29, 1.82) is 0 Å². The van der Waals surface area contributed by atoms with Crippen LogP contribution in [-0.4, -0.2) is 25.0 Å². The fourth-order valence-electron chi connectivity index (χ4n) is 2.73. The van der Waals surface area contributed by atoms with E-state index in [1.54, 1.807) is 0 Å². The van der Waals surface area contributed by atoms with E-state index in [9.17, 15) is 9.59 Å². The van der Waals surface area contributed by atoms with Gasteiger partial charge in [0, 0.05) is 6.92 Å². The van der Waals surface area contributed by atoms with Gasteiger partial charge in [-0.1, -0.05) is 90.4 Å². The molecule has 4 heteroatoms. The van der Waals surface area contributed by atoms with Crippen molar-refractivity contribution in [3.05, 3.63) is 0 Å². The average molecular weight is 342 g/mol. The van der Waals surface area contributed by atoms with E-state index in [1.807, 2.05) is 0 Å². The van der Waals surface area contributed by atoms with Gasteiger partial charge in [-0.2, -0.15) is 0 Å². The van der Waals surface area contributed by atoms with Crippen LogP contribution in [0.5, 0.6) is 0 Å². The molecule has 0 saturated heterocycles. The Balaban J connectivity index is 3.10. The van der Waals surface area contributed by atoms with E-state index in [4.69, 9.17) is 4.74 Å². The van der Waals surface area contributed by atoms with Crippen LogP contribution in [0.2, 0.25) is 0 Å². The van der Waals surface area contributed by atoms with Crippen LogP contribution in [0.3, 0.4) is 0 Å². The number of hydrogen-bond acceptors (Lipinski definition) is 3. The van der Waals surface area contributed by atoms with Gasteiger partial charge in [0.15, 0.2) is 0 Å². The molecule has 0 spiro atoms. The molecule has 0 aliphatic rings. The predicted molar refractivity (Wildman–Crippen MR) is 100.0 cm³/mol. The number of nitrogens with one attached hydrogen (secondary N) is 1. The summed E-state index contributed by atoms with van der Waals surface area (Å²) in [4.78, 5) is 21.9. The summed E-state index contributed by atoms with van der Waals surface area (Å²) in [5, 5.41) is 2.43. The number of hydrogen-bond donors (Lipinski definition) is 1. The molecule has 0 heterocycles. The lowest BCUT2D eigenvalue weighted by Gasteiger charge is -2.05. The zero-order chi connectivity index (χ0) is 17.9. The maximum Gasteiger partial charge on any atom is 0.325 e. The second-order valence-corrected chi connectivity index (χ2v) is 6.73. The van der Waals surface area contributed by atoms with Crippen molar-refractivity contribution in [2.75, 3.05) is 13.2 Å². The Labute approximate surface area is 149 Å². The molecule has 1 N–H and O–H groups in total. The van der Waals surface area contributed by atoms with Crippen LogP contribution in [0.1, 0.15) is 104 Å². The standard InChI is InChI=1S/C20H39NO3/c1-3-4-5-6-7-8-9-10-11-12-13-14-15-16-17-24-20(23)18-21-19(2)22/h3-18H2,1-2H3,(H,21,22). The van der Waals surface area contributed by atoms with Crippen LogP contribution in [0.15, 0.2) is 0 Å². The molecule has 0 aromatic carbocycles. The number of carbonyl (C=O) groups is 2. The summed E-state index contributed by atoms with van der Waals surface area (Å²) in [6, 6.07) is 0. The number of carbonyl (C=O) groups excluding carboxylic acids is 2. The van der Waals surface area contributed by atoms with E-state index in [0.29, 0.717) is 6.61 Å². The van der Waals surface area contributed by atoms with E-state index in [-0.39, 0.29) is 18.4 Å². The molecule has 0 rings (SSSR count). The first-order valence-corrected chi connectivity index (χ1v) is 10.1. The van der Waals surface area contributed by atoms with Gasteiger partial charge in [-0.3, -0.25) is 9.59 Å². The summed E-state index contributed by atoms with van der Waals surface area (Å²) >= 11 is 0. The molecule has 0 aliphatic heterocycles. The third-order valence-corrected chi connectivity index (χ3v) is 4.24. The summed E-state index contributed by atoms with van der Waals surface area (Å²) < 4.78 is 5.05. The first-order chi connectivity index (χ1) is 11.7. The molecule has 0 aromatic rings. The van der Waals surface area contributed by atoms with Gasteiger partial charge in [-0.05, 0) is 6.42 Å². The SMILES string of the molecule is CCCCCCCCCCCCCCCCOC(=O)CNC(C)=O. The zero-order valence-corrected chi connectivity index (χ0v) is 16.0. The van der Waals surface area contributed by atoms with E-state index >= 15 is 0 Å². The number of rotatable bonds is 17. The minimum atomic E-state index is -0.347. The monoisotopic (exact) mass is 341 g/mol. The molecule has 0 bridgehead atoms. The Kier molecular flexibility index (Phi) is 17.5. The van der Waals surface area contributed by atoms with Crippen molar-refractivity contribution in [3.8, 4) is 0 Å². The smallest absolute Gasteiger partial charge is 0.325 e. The van der Waals surface area contributed by atoms with Crippen molar-refractivity contribution in [2.45, 2.75) is 104 Å². The van der Waals surface area contributed by atoms with Gasteiger partial charge < -0.3 is 10.1 Å². The minimum Gasteiger partial charge on any atom is -0.464 e. The first kappa shape index (κ1) is 22.9. The Morgan fingerprint density at radius 3 is 1.54 bits per heavy atom. The predicted octanol–water partition coefficient (Wildman–Crippen LogP) is 5.15. The van der Waals surface area contributed by atoms with Crippen LogP contribution in [-0.2, 0) is 14.3 Å². The summed E-state index contributed by atoms with van der Waals surface area (Å²) in [5.74, 6) is -0.552. The third kappa shape index (κ3) is 19.0. The lowest BCUT2D eigenvalue weighted by molar-refractivity contribution is -0.143. The van der Waals surface area contributed by atoms with Crippen molar-refractivity contribution in [1.82, 2.24) is 5.32 Å². The van der Waals surface area contributed by atoms with E-state index in [1.165, 1.54) is 84.0 Å². The van der Waals surface area contributed by atoms with Crippen LogP contribution >= 0.6 is 0 Å². The molecule has 142 valence electrons. The van der Waals surface area contributed by atoms with Crippen LogP contribution in [0.25, 0.3) is 0 Å². The number of amides is 1. The van der Waals surface area contributed by atoms with Gasteiger partial charge in [0.2, 0.25) is 5.91 Å². The van der Waals surface area contributed by atoms with Crippen molar-refractivity contribution < 1.29 is 14.3 Å². The molecule has 0 radical (unpaired) electrons. The minimum absolute atomic E-state index is 0.0199. The molecule has 0 fully saturated rings. The van der Waals surface area contributed by atoms with Crippen LogP contribution < -0.4 is 5.32 Å². The second-order valence-electron chi connectivity index (χ2n) is 6.73. The molecule has 0 atom stereocenters. The van der Waals surface area contributed by atoms with Gasteiger partial charge in [0.05, 0.1) is 6.61 Å². The molecular formula is C20H39NO3. The lowest BCUT2D eigenvalue weighted by Crippen LogP contribution is -2.28. The summed E-state index contributed by atoms with van der Waals surface area (Å²) in [6.45, 7) is 4.10. The highest BCUT2D eigenvalue weighted by atomic mass is 16.5. The van der Waals surface area contributed by atoms with Gasteiger partial charge in [0.25, 0.3) is 0 Å². The highest BCUT2D eigenvalue weighted by Crippen LogP contribution is 2.12. The lowest BCUT2D eigenvalue weighted by atomic mass is 10.0. The maximum absolute atomic E-state index is 11.2. The van der Waals surface area contributed by atoms with Gasteiger partial charge in [-0.25, -0.2) is 0 Å². The molecule has 0 unspecified atom stereocenters. The van der Waals surface area contributed by atoms with Crippen molar-refractivity contribution in [2.24, 2.45) is 0 Å². The molecule has 0 aliphatic carbocycles. The molecular weight excluding hydrogens is 302 g/mol. The van der Waals surface area contributed by atoms with Crippen LogP contribution in [0.4, 0.5) is 0 Å². The largest absolute Gasteiger partial charge is 0.464 e. The highest BCUT2D eigenvalue weighted by molar-refractivity contribution is 5.80. The zero-order valence-electron chi connectivity index (χ0n) is 16.0. The summed E-state index contributed by atoms with van der Waals surface area (Å²) in [6.07, 6.45) is 18.4. The normalized spacial score (nSPS) is 10.6. The summed E-state index contributed by atoms with van der Waals surface area (Å²) in [5.41, 5.74) is 0. The molecule has 4 nitrogen and oxygen atoms in total. The van der Waals surface area contributed by atoms with Gasteiger partial charge in [-0.15, -0.1) is 0 Å². The molecule has 24 heavy (non-hydrogen) atoms. The average Bonchev–Trinajstić information content (AvgIpc) is 2.56. The first-order valence-electron chi connectivity index (χ1n) is 10.1. The van der Waals surface area contributed by atoms with Crippen LogP contribution in [0, 0.1) is 0 Å².